The molecule has 0 unspecified atom stereocenters. The van der Waals surface area contributed by atoms with Gasteiger partial charge in [-0.05, 0) is 12.1 Å². The number of nitrogens with zero attached hydrogens (tertiary/aromatic N) is 2. The van der Waals surface area contributed by atoms with Crippen molar-refractivity contribution in [3.63, 3.8) is 0 Å². The van der Waals surface area contributed by atoms with E-state index in [-0.39, 0.29) is 5.88 Å². The number of H-pyrrole nitrogens is 1. The molecule has 0 atom stereocenters. The molecular weight excluding hydrogens is 258 g/mol. The number of carbonyl (C=O) groups is 1. The van der Waals surface area contributed by atoms with Gasteiger partial charge in [-0.25, -0.2) is 9.78 Å². The molecular formula is C14H13N3O3. The lowest BCUT2D eigenvalue weighted by molar-refractivity contribution is 0.0601. The van der Waals surface area contributed by atoms with Crippen LogP contribution in [0.2, 0.25) is 0 Å². The zero-order valence-electron chi connectivity index (χ0n) is 11.1. The van der Waals surface area contributed by atoms with E-state index in [4.69, 9.17) is 0 Å². The molecule has 0 aliphatic heterocycles. The monoisotopic (exact) mass is 271 g/mol. The molecule has 0 aliphatic rings. The summed E-state index contributed by atoms with van der Waals surface area (Å²) in [5, 5.41) is 11.4. The van der Waals surface area contributed by atoms with Crippen molar-refractivity contribution in [3.8, 4) is 5.88 Å². The van der Waals surface area contributed by atoms with E-state index in [0.717, 1.165) is 5.39 Å². The van der Waals surface area contributed by atoms with Gasteiger partial charge in [0.1, 0.15) is 11.5 Å². The number of rotatable bonds is 2. The topological polar surface area (TPSA) is 88.1 Å². The van der Waals surface area contributed by atoms with Gasteiger partial charge in [-0.1, -0.05) is 13.0 Å². The molecule has 6 nitrogen and oxygen atoms in total. The van der Waals surface area contributed by atoms with Crippen molar-refractivity contribution >= 4 is 27.9 Å². The van der Waals surface area contributed by atoms with E-state index >= 15 is 0 Å². The third-order valence-corrected chi connectivity index (χ3v) is 3.22. The SMILES string of the molecule is CCc1nc(O)c2c(n1)[nH]c1cc(C(=O)OC)ccc12. The van der Waals surface area contributed by atoms with Gasteiger partial charge in [0.25, 0.3) is 0 Å². The zero-order valence-corrected chi connectivity index (χ0v) is 11.1. The number of esters is 1. The van der Waals surface area contributed by atoms with Crippen LogP contribution in [0.3, 0.4) is 0 Å². The minimum atomic E-state index is -0.407. The molecule has 0 bridgehead atoms. The lowest BCUT2D eigenvalue weighted by Gasteiger charge is -1.99. The van der Waals surface area contributed by atoms with Crippen LogP contribution in [-0.4, -0.2) is 33.1 Å². The Morgan fingerprint density at radius 3 is 2.90 bits per heavy atom. The summed E-state index contributed by atoms with van der Waals surface area (Å²) in [6.07, 6.45) is 0.631. The normalized spacial score (nSPS) is 11.1. The highest BCUT2D eigenvalue weighted by molar-refractivity contribution is 6.09. The minimum absolute atomic E-state index is 0.0519. The highest BCUT2D eigenvalue weighted by Crippen LogP contribution is 2.30. The number of nitrogens with one attached hydrogen (secondary N) is 1. The Morgan fingerprint density at radius 1 is 1.40 bits per heavy atom. The number of hydrogen-bond acceptors (Lipinski definition) is 5. The van der Waals surface area contributed by atoms with Crippen LogP contribution in [0.25, 0.3) is 21.9 Å². The average Bonchev–Trinajstić information content (AvgIpc) is 2.83. The van der Waals surface area contributed by atoms with Crippen molar-refractivity contribution < 1.29 is 14.6 Å². The lowest BCUT2D eigenvalue weighted by atomic mass is 10.1. The van der Waals surface area contributed by atoms with E-state index in [1.165, 1.54) is 7.11 Å². The van der Waals surface area contributed by atoms with Gasteiger partial charge in [0.05, 0.1) is 18.1 Å². The standard InChI is InChI=1S/C14H13N3O3/c1-3-10-16-12-11(13(18)17-10)8-5-4-7(14(19)20-2)6-9(8)15-12/h4-6H,3H2,1-2H3,(H2,15,16,17,18). The summed E-state index contributed by atoms with van der Waals surface area (Å²) >= 11 is 0. The summed E-state index contributed by atoms with van der Waals surface area (Å²) in [7, 11) is 1.34. The molecule has 3 rings (SSSR count). The number of aromatic amines is 1. The molecule has 102 valence electrons. The maximum atomic E-state index is 11.5. The summed E-state index contributed by atoms with van der Waals surface area (Å²) in [6.45, 7) is 1.92. The fourth-order valence-corrected chi connectivity index (χ4v) is 2.23. The van der Waals surface area contributed by atoms with E-state index in [2.05, 4.69) is 19.7 Å². The molecule has 2 N–H and O–H groups in total. The first kappa shape index (κ1) is 12.4. The van der Waals surface area contributed by atoms with Crippen molar-refractivity contribution in [3.05, 3.63) is 29.6 Å². The first-order valence-corrected chi connectivity index (χ1v) is 6.23. The number of carbonyl (C=O) groups excluding carboxylic acids is 1. The van der Waals surface area contributed by atoms with Gasteiger partial charge in [-0.3, -0.25) is 0 Å². The van der Waals surface area contributed by atoms with Crippen molar-refractivity contribution in [2.24, 2.45) is 0 Å². The maximum Gasteiger partial charge on any atom is 0.337 e. The molecule has 6 heteroatoms. The Morgan fingerprint density at radius 2 is 2.20 bits per heavy atom. The summed E-state index contributed by atoms with van der Waals surface area (Å²) < 4.78 is 4.69. The van der Waals surface area contributed by atoms with Gasteiger partial charge < -0.3 is 14.8 Å². The van der Waals surface area contributed by atoms with Crippen LogP contribution < -0.4 is 0 Å². The number of methoxy groups -OCH3 is 1. The fraction of sp³-hybridized carbons (Fsp3) is 0.214. The second-order valence-corrected chi connectivity index (χ2v) is 4.42. The minimum Gasteiger partial charge on any atom is -0.493 e. The zero-order chi connectivity index (χ0) is 14.3. The number of aryl methyl sites for hydroxylation is 1. The van der Waals surface area contributed by atoms with Crippen LogP contribution in [0.5, 0.6) is 5.88 Å². The van der Waals surface area contributed by atoms with Crippen LogP contribution in [0.1, 0.15) is 23.1 Å². The molecule has 0 aliphatic carbocycles. The molecule has 20 heavy (non-hydrogen) atoms. The van der Waals surface area contributed by atoms with E-state index in [9.17, 15) is 9.90 Å². The van der Waals surface area contributed by atoms with Crippen LogP contribution in [0.15, 0.2) is 18.2 Å². The number of aromatic hydroxyl groups is 1. The Labute approximate surface area is 114 Å². The molecule has 0 radical (unpaired) electrons. The third kappa shape index (κ3) is 1.77. The number of ether oxygens (including phenoxy) is 1. The van der Waals surface area contributed by atoms with Gasteiger partial charge in [0.15, 0.2) is 0 Å². The van der Waals surface area contributed by atoms with E-state index < -0.39 is 5.97 Å². The number of benzene rings is 1. The molecule has 2 heterocycles. The van der Waals surface area contributed by atoms with Crippen LogP contribution in [0.4, 0.5) is 0 Å². The quantitative estimate of drug-likeness (QED) is 0.697. The van der Waals surface area contributed by atoms with Crippen molar-refractivity contribution in [1.29, 1.82) is 0 Å². The average molecular weight is 271 g/mol. The van der Waals surface area contributed by atoms with Crippen LogP contribution >= 0.6 is 0 Å². The Kier molecular flexibility index (Phi) is 2.78. The van der Waals surface area contributed by atoms with Crippen molar-refractivity contribution in [1.82, 2.24) is 15.0 Å². The molecule has 0 fully saturated rings. The van der Waals surface area contributed by atoms with Crippen molar-refractivity contribution in [2.75, 3.05) is 7.11 Å². The van der Waals surface area contributed by atoms with Crippen molar-refractivity contribution in [2.45, 2.75) is 13.3 Å². The van der Waals surface area contributed by atoms with Gasteiger partial charge in [-0.15, -0.1) is 0 Å². The highest BCUT2D eigenvalue weighted by Gasteiger charge is 2.14. The first-order chi connectivity index (χ1) is 9.63. The largest absolute Gasteiger partial charge is 0.493 e. The van der Waals surface area contributed by atoms with Gasteiger partial charge in [-0.2, -0.15) is 4.98 Å². The Hall–Kier alpha value is -2.63. The Balaban J connectivity index is 2.30. The third-order valence-electron chi connectivity index (χ3n) is 3.22. The predicted molar refractivity (Wildman–Crippen MR) is 73.8 cm³/mol. The van der Waals surface area contributed by atoms with Crippen LogP contribution in [0, 0.1) is 0 Å². The summed E-state index contributed by atoms with van der Waals surface area (Å²) in [5.74, 6) is 0.105. The number of aromatic nitrogens is 3. The molecule has 1 aromatic carbocycles. The molecule has 0 saturated carbocycles. The summed E-state index contributed by atoms with van der Waals surface area (Å²) in [4.78, 5) is 23.0. The van der Waals surface area contributed by atoms with E-state index in [0.29, 0.717) is 34.4 Å². The first-order valence-electron chi connectivity index (χ1n) is 6.23. The molecule has 3 aromatic rings. The predicted octanol–water partition coefficient (Wildman–Crippen LogP) is 2.17. The van der Waals surface area contributed by atoms with E-state index in [1.54, 1.807) is 18.2 Å². The summed E-state index contributed by atoms with van der Waals surface area (Å²) in [5.41, 5.74) is 1.71. The second kappa shape index (κ2) is 4.48. The molecule has 0 saturated heterocycles. The molecule has 2 aromatic heterocycles. The fourth-order valence-electron chi connectivity index (χ4n) is 2.23. The summed E-state index contributed by atoms with van der Waals surface area (Å²) in [6, 6.07) is 5.07. The lowest BCUT2D eigenvalue weighted by Crippen LogP contribution is -2.00. The number of fused-ring (bicyclic) bond motifs is 3. The Bertz CT molecular complexity index is 823. The molecule has 0 amide bonds. The second-order valence-electron chi connectivity index (χ2n) is 4.42. The van der Waals surface area contributed by atoms with Gasteiger partial charge in [0, 0.05) is 17.3 Å². The maximum absolute atomic E-state index is 11.5. The number of hydrogen-bond donors (Lipinski definition) is 2. The van der Waals surface area contributed by atoms with Gasteiger partial charge in [0.2, 0.25) is 5.88 Å². The van der Waals surface area contributed by atoms with Crippen LogP contribution in [-0.2, 0) is 11.2 Å². The highest BCUT2D eigenvalue weighted by atomic mass is 16.5. The molecule has 0 spiro atoms. The van der Waals surface area contributed by atoms with Gasteiger partial charge >= 0.3 is 5.97 Å². The van der Waals surface area contributed by atoms with E-state index in [1.807, 2.05) is 6.92 Å². The smallest absolute Gasteiger partial charge is 0.337 e.